The number of para-hydroxylation sites is 1. The molecule has 8 heteroatoms. The van der Waals surface area contributed by atoms with Crippen LogP contribution in [-0.2, 0) is 9.53 Å². The Morgan fingerprint density at radius 2 is 1.71 bits per heavy atom. The smallest absolute Gasteiger partial charge is 0.358 e. The van der Waals surface area contributed by atoms with E-state index in [-0.39, 0.29) is 11.5 Å². The van der Waals surface area contributed by atoms with Crippen molar-refractivity contribution < 1.29 is 19.1 Å². The van der Waals surface area contributed by atoms with E-state index < -0.39 is 18.5 Å². The molecule has 0 aliphatic carbocycles. The van der Waals surface area contributed by atoms with Crippen molar-refractivity contribution in [2.24, 2.45) is 0 Å². The molecule has 154 valence electrons. The van der Waals surface area contributed by atoms with E-state index >= 15 is 0 Å². The maximum absolute atomic E-state index is 12.8. The summed E-state index contributed by atoms with van der Waals surface area (Å²) >= 11 is 2.87. The van der Waals surface area contributed by atoms with E-state index in [1.54, 1.807) is 65.2 Å². The van der Waals surface area contributed by atoms with Gasteiger partial charge in [-0.1, -0.05) is 42.5 Å². The minimum absolute atomic E-state index is 0.152. The molecule has 0 unspecified atom stereocenters. The van der Waals surface area contributed by atoms with E-state index in [4.69, 9.17) is 4.74 Å². The molecule has 0 radical (unpaired) electrons. The third-order valence-electron chi connectivity index (χ3n) is 4.30. The number of ketones is 1. The zero-order valence-electron chi connectivity index (χ0n) is 16.1. The molecule has 0 saturated carbocycles. The average Bonchev–Trinajstić information content (AvgIpc) is 3.50. The number of aromatic nitrogens is 1. The molecule has 1 amide bonds. The fraction of sp³-hybridized carbons (Fsp3) is 0.0435. The lowest BCUT2D eigenvalue weighted by Crippen LogP contribution is -2.22. The van der Waals surface area contributed by atoms with Gasteiger partial charge in [-0.05, 0) is 23.6 Å². The van der Waals surface area contributed by atoms with Crippen LogP contribution in [0.15, 0.2) is 76.8 Å². The van der Waals surface area contributed by atoms with Crippen molar-refractivity contribution in [2.45, 2.75) is 0 Å². The summed E-state index contributed by atoms with van der Waals surface area (Å²) in [6, 6.07) is 17.4. The number of ether oxygens (including phenoxy) is 1. The van der Waals surface area contributed by atoms with Gasteiger partial charge in [0.05, 0.1) is 5.69 Å². The Balaban J connectivity index is 1.38. The predicted molar refractivity (Wildman–Crippen MR) is 121 cm³/mol. The lowest BCUT2D eigenvalue weighted by atomic mass is 10.0. The summed E-state index contributed by atoms with van der Waals surface area (Å²) in [5.41, 5.74) is 2.31. The molecule has 0 bridgehead atoms. The maximum Gasteiger partial charge on any atom is 0.358 e. The van der Waals surface area contributed by atoms with Gasteiger partial charge >= 0.3 is 5.97 Å². The molecular weight excluding hydrogens is 432 g/mol. The molecule has 0 saturated heterocycles. The number of amides is 1. The molecule has 0 aliphatic heterocycles. The van der Waals surface area contributed by atoms with Crippen LogP contribution in [0.5, 0.6) is 0 Å². The molecule has 4 aromatic rings. The topological polar surface area (TPSA) is 85.4 Å². The Labute approximate surface area is 186 Å². The van der Waals surface area contributed by atoms with Gasteiger partial charge in [-0.3, -0.25) is 9.59 Å². The zero-order chi connectivity index (χ0) is 21.6. The minimum atomic E-state index is -0.679. The zero-order valence-corrected chi connectivity index (χ0v) is 17.7. The highest BCUT2D eigenvalue weighted by Gasteiger charge is 2.17. The van der Waals surface area contributed by atoms with E-state index in [2.05, 4.69) is 10.3 Å². The molecule has 0 aliphatic rings. The van der Waals surface area contributed by atoms with Crippen LogP contribution in [0.2, 0.25) is 0 Å². The van der Waals surface area contributed by atoms with E-state index in [9.17, 15) is 14.4 Å². The Morgan fingerprint density at radius 3 is 2.48 bits per heavy atom. The summed E-state index contributed by atoms with van der Waals surface area (Å²) in [5, 5.41) is 8.82. The van der Waals surface area contributed by atoms with E-state index in [0.29, 0.717) is 21.8 Å². The summed E-state index contributed by atoms with van der Waals surface area (Å²) in [6.45, 7) is -0.488. The first-order chi connectivity index (χ1) is 15.1. The Hall–Kier alpha value is -3.62. The Morgan fingerprint density at radius 1 is 0.935 bits per heavy atom. The number of nitrogens with one attached hydrogen (secondary N) is 1. The SMILES string of the molecule is O=C(COC(=O)c1csc(-c2ccsc2)n1)Nc1ccccc1C(=O)c1ccccc1. The molecule has 4 rings (SSSR count). The van der Waals surface area contributed by atoms with Crippen molar-refractivity contribution in [1.82, 2.24) is 4.98 Å². The number of benzene rings is 2. The average molecular weight is 449 g/mol. The third kappa shape index (κ3) is 4.93. The van der Waals surface area contributed by atoms with Crippen LogP contribution in [-0.4, -0.2) is 29.3 Å². The molecule has 0 fully saturated rings. The van der Waals surface area contributed by atoms with Gasteiger partial charge in [0.1, 0.15) is 5.01 Å². The standard InChI is InChI=1S/C23H16N2O4S2/c26-20(12-29-23(28)19-14-31-22(25-19)16-10-11-30-13-16)24-18-9-5-4-8-17(18)21(27)15-6-2-1-3-7-15/h1-11,13-14H,12H2,(H,24,26). The molecule has 31 heavy (non-hydrogen) atoms. The fourth-order valence-corrected chi connectivity index (χ4v) is 4.31. The Bertz CT molecular complexity index is 1220. The van der Waals surface area contributed by atoms with Gasteiger partial charge in [0.15, 0.2) is 18.1 Å². The van der Waals surface area contributed by atoms with Crippen molar-refractivity contribution in [2.75, 3.05) is 11.9 Å². The molecule has 2 aromatic heterocycles. The van der Waals surface area contributed by atoms with Crippen LogP contribution in [0.1, 0.15) is 26.4 Å². The molecule has 0 atom stereocenters. The number of anilines is 1. The summed E-state index contributed by atoms with van der Waals surface area (Å²) in [7, 11) is 0. The molecule has 6 nitrogen and oxygen atoms in total. The number of thiophene rings is 1. The first-order valence-corrected chi connectivity index (χ1v) is 11.1. The van der Waals surface area contributed by atoms with Crippen LogP contribution in [0.25, 0.3) is 10.6 Å². The lowest BCUT2D eigenvalue weighted by molar-refractivity contribution is -0.119. The van der Waals surface area contributed by atoms with Crippen LogP contribution >= 0.6 is 22.7 Å². The summed E-state index contributed by atoms with van der Waals surface area (Å²) < 4.78 is 5.09. The first-order valence-electron chi connectivity index (χ1n) is 9.25. The van der Waals surface area contributed by atoms with Crippen LogP contribution in [0, 0.1) is 0 Å². The number of thiazole rings is 1. The highest BCUT2D eigenvalue weighted by atomic mass is 32.1. The second-order valence-electron chi connectivity index (χ2n) is 6.41. The molecule has 0 spiro atoms. The molecule has 1 N–H and O–H groups in total. The minimum Gasteiger partial charge on any atom is -0.451 e. The predicted octanol–water partition coefficient (Wildman–Crippen LogP) is 4.90. The van der Waals surface area contributed by atoms with Gasteiger partial charge in [-0.25, -0.2) is 9.78 Å². The van der Waals surface area contributed by atoms with Gasteiger partial charge in [-0.2, -0.15) is 11.3 Å². The van der Waals surface area contributed by atoms with E-state index in [1.807, 2.05) is 22.9 Å². The van der Waals surface area contributed by atoms with Crippen molar-refractivity contribution in [1.29, 1.82) is 0 Å². The Kier molecular flexibility index (Phi) is 6.30. The van der Waals surface area contributed by atoms with Crippen LogP contribution < -0.4 is 5.32 Å². The molecule has 2 aromatic carbocycles. The van der Waals surface area contributed by atoms with Gasteiger partial charge in [-0.15, -0.1) is 11.3 Å². The van der Waals surface area contributed by atoms with Gasteiger partial charge in [0.25, 0.3) is 5.91 Å². The highest BCUT2D eigenvalue weighted by Crippen LogP contribution is 2.26. The number of hydrogen-bond donors (Lipinski definition) is 1. The quantitative estimate of drug-likeness (QED) is 0.321. The van der Waals surface area contributed by atoms with Crippen molar-refractivity contribution in [3.63, 3.8) is 0 Å². The van der Waals surface area contributed by atoms with Crippen LogP contribution in [0.3, 0.4) is 0 Å². The fourth-order valence-electron chi connectivity index (χ4n) is 2.81. The molecule has 2 heterocycles. The van der Waals surface area contributed by atoms with Gasteiger partial charge < -0.3 is 10.1 Å². The second-order valence-corrected chi connectivity index (χ2v) is 8.05. The van der Waals surface area contributed by atoms with Gasteiger partial charge in [0.2, 0.25) is 0 Å². The highest BCUT2D eigenvalue weighted by molar-refractivity contribution is 7.14. The van der Waals surface area contributed by atoms with Gasteiger partial charge in [0, 0.05) is 27.5 Å². The monoisotopic (exact) mass is 448 g/mol. The maximum atomic E-state index is 12.8. The van der Waals surface area contributed by atoms with E-state index in [1.165, 1.54) is 11.3 Å². The summed E-state index contributed by atoms with van der Waals surface area (Å²) in [4.78, 5) is 41.6. The van der Waals surface area contributed by atoms with Crippen molar-refractivity contribution in [3.8, 4) is 10.6 Å². The summed E-state index contributed by atoms with van der Waals surface area (Å²) in [6.07, 6.45) is 0. The largest absolute Gasteiger partial charge is 0.451 e. The van der Waals surface area contributed by atoms with Crippen LogP contribution in [0.4, 0.5) is 5.69 Å². The van der Waals surface area contributed by atoms with E-state index in [0.717, 1.165) is 5.56 Å². The molecular formula is C23H16N2O4S2. The lowest BCUT2D eigenvalue weighted by Gasteiger charge is -2.10. The van der Waals surface area contributed by atoms with Crippen molar-refractivity contribution >= 4 is 46.0 Å². The summed E-state index contributed by atoms with van der Waals surface area (Å²) in [5.74, 6) is -1.44. The number of carbonyl (C=O) groups excluding carboxylic acids is 3. The second kappa shape index (κ2) is 9.46. The number of esters is 1. The normalized spacial score (nSPS) is 10.5. The number of rotatable bonds is 7. The number of hydrogen-bond acceptors (Lipinski definition) is 7. The number of nitrogens with zero attached hydrogens (tertiary/aromatic N) is 1. The van der Waals surface area contributed by atoms with Crippen molar-refractivity contribution in [3.05, 3.63) is 93.6 Å². The third-order valence-corrected chi connectivity index (χ3v) is 5.87. The number of carbonyl (C=O) groups is 3. The first kappa shape index (κ1) is 20.6.